The van der Waals surface area contributed by atoms with E-state index in [4.69, 9.17) is 0 Å². The summed E-state index contributed by atoms with van der Waals surface area (Å²) in [5.74, 6) is -1.62. The van der Waals surface area contributed by atoms with Crippen molar-refractivity contribution in [3.8, 4) is 0 Å². The molecule has 8 nitrogen and oxygen atoms in total. The lowest BCUT2D eigenvalue weighted by Crippen LogP contribution is -2.31. The zero-order valence-electron chi connectivity index (χ0n) is 15.6. The lowest BCUT2D eigenvalue weighted by molar-refractivity contribution is -0.115. The molecule has 2 aromatic rings. The number of rotatable bonds is 6. The zero-order chi connectivity index (χ0) is 20.9. The van der Waals surface area contributed by atoms with Crippen molar-refractivity contribution in [3.63, 3.8) is 0 Å². The normalized spacial score (nSPS) is 11.0. The summed E-state index contributed by atoms with van der Waals surface area (Å²) in [5, 5.41) is 4.87. The minimum atomic E-state index is -3.59. The number of sulfone groups is 1. The number of aryl methyl sites for hydroxylation is 1. The van der Waals surface area contributed by atoms with Crippen LogP contribution in [0, 0.1) is 13.8 Å². The van der Waals surface area contributed by atoms with E-state index >= 15 is 0 Å². The molecule has 3 amide bonds. The number of alkyl carbamates (subject to hydrolysis) is 1. The number of amides is 3. The van der Waals surface area contributed by atoms with Gasteiger partial charge in [-0.3, -0.25) is 14.9 Å². The highest BCUT2D eigenvalue weighted by Gasteiger charge is 2.23. The Morgan fingerprint density at radius 3 is 2.36 bits per heavy atom. The third-order valence-corrected chi connectivity index (χ3v) is 6.82. The average molecular weight is 425 g/mol. The summed E-state index contributed by atoms with van der Waals surface area (Å²) >= 11 is 1.17. The summed E-state index contributed by atoms with van der Waals surface area (Å²) in [4.78, 5) is 36.8. The molecule has 1 heterocycles. The van der Waals surface area contributed by atoms with E-state index in [1.165, 1.54) is 23.5 Å². The van der Waals surface area contributed by atoms with E-state index in [0.29, 0.717) is 5.56 Å². The largest absolute Gasteiger partial charge is 0.453 e. The monoisotopic (exact) mass is 424 g/mol. The van der Waals surface area contributed by atoms with E-state index in [1.807, 2.05) is 0 Å². The van der Waals surface area contributed by atoms with Crippen molar-refractivity contribution in [2.75, 3.05) is 18.2 Å². The van der Waals surface area contributed by atoms with E-state index in [9.17, 15) is 22.8 Å². The highest BCUT2D eigenvalue weighted by molar-refractivity contribution is 7.91. The van der Waals surface area contributed by atoms with Crippen LogP contribution in [0.2, 0.25) is 0 Å². The molecule has 2 N–H and O–H groups in total. The van der Waals surface area contributed by atoms with Crippen LogP contribution in [0.5, 0.6) is 0 Å². The maximum Gasteiger partial charge on any atom is 0.413 e. The van der Waals surface area contributed by atoms with E-state index in [1.54, 1.807) is 32.0 Å². The Balaban J connectivity index is 2.11. The van der Waals surface area contributed by atoms with Gasteiger partial charge in [0.1, 0.15) is 5.00 Å². The van der Waals surface area contributed by atoms with Gasteiger partial charge in [-0.1, -0.05) is 18.2 Å². The number of ether oxygens (including phenoxy) is 1. The molecule has 0 aliphatic heterocycles. The molecule has 0 atom stereocenters. The Kier molecular flexibility index (Phi) is 6.92. The van der Waals surface area contributed by atoms with Crippen LogP contribution in [0.4, 0.5) is 9.80 Å². The van der Waals surface area contributed by atoms with Gasteiger partial charge in [0.2, 0.25) is 5.91 Å². The van der Waals surface area contributed by atoms with Crippen molar-refractivity contribution in [2.24, 2.45) is 0 Å². The van der Waals surface area contributed by atoms with Crippen LogP contribution >= 0.6 is 11.3 Å². The number of carbonyl (C=O) groups is 3. The van der Waals surface area contributed by atoms with Gasteiger partial charge in [-0.2, -0.15) is 0 Å². The lowest BCUT2D eigenvalue weighted by Gasteiger charge is -2.08. The Hall–Kier alpha value is -2.72. The molecule has 0 unspecified atom stereocenters. The number of thiophene rings is 1. The second kappa shape index (κ2) is 8.98. The van der Waals surface area contributed by atoms with Crippen molar-refractivity contribution in [1.29, 1.82) is 0 Å². The molecule has 0 spiro atoms. The first-order chi connectivity index (χ1) is 13.2. The number of methoxy groups -OCH3 is 1. The summed E-state index contributed by atoms with van der Waals surface area (Å²) in [6.07, 6.45) is -1.19. The molecular weight excluding hydrogens is 404 g/mol. The van der Waals surface area contributed by atoms with Crippen LogP contribution in [-0.4, -0.2) is 39.2 Å². The fraction of sp³-hybridized carbons (Fsp3) is 0.278. The number of hydrogen-bond acceptors (Lipinski definition) is 7. The van der Waals surface area contributed by atoms with Gasteiger partial charge in [0.05, 0.1) is 23.3 Å². The van der Waals surface area contributed by atoms with Crippen molar-refractivity contribution in [2.45, 2.75) is 25.2 Å². The van der Waals surface area contributed by atoms with Gasteiger partial charge < -0.3 is 10.1 Å². The smallest absolute Gasteiger partial charge is 0.413 e. The molecule has 1 aromatic carbocycles. The fourth-order valence-electron chi connectivity index (χ4n) is 2.36. The van der Waals surface area contributed by atoms with Gasteiger partial charge in [0, 0.05) is 11.3 Å². The minimum Gasteiger partial charge on any atom is -0.453 e. The van der Waals surface area contributed by atoms with Crippen molar-refractivity contribution in [3.05, 3.63) is 46.3 Å². The lowest BCUT2D eigenvalue weighted by atomic mass is 10.1. The van der Waals surface area contributed by atoms with Crippen LogP contribution in [0.3, 0.4) is 0 Å². The van der Waals surface area contributed by atoms with E-state index < -0.39 is 27.7 Å². The van der Waals surface area contributed by atoms with Crippen molar-refractivity contribution < 1.29 is 27.5 Å². The summed E-state index contributed by atoms with van der Waals surface area (Å²) in [6, 6.07) is 7.85. The molecule has 150 valence electrons. The second-order valence-electron chi connectivity index (χ2n) is 5.86. The number of hydrogen-bond donors (Lipinski definition) is 2. The Labute approximate surface area is 166 Å². The summed E-state index contributed by atoms with van der Waals surface area (Å²) < 4.78 is 29.0. The van der Waals surface area contributed by atoms with Crippen molar-refractivity contribution >= 4 is 44.1 Å². The first-order valence-corrected chi connectivity index (χ1v) is 10.7. The third kappa shape index (κ3) is 5.17. The summed E-state index contributed by atoms with van der Waals surface area (Å²) in [6.45, 7) is 3.46. The molecular formula is C18H20N2O6S2. The van der Waals surface area contributed by atoms with Gasteiger partial charge in [-0.05, 0) is 31.5 Å². The highest BCUT2D eigenvalue weighted by atomic mass is 32.2. The quantitative estimate of drug-likeness (QED) is 0.736. The van der Waals surface area contributed by atoms with Gasteiger partial charge in [-0.15, -0.1) is 11.3 Å². The van der Waals surface area contributed by atoms with E-state index in [-0.39, 0.29) is 27.6 Å². The number of nitrogens with one attached hydrogen (secondary N) is 2. The average Bonchev–Trinajstić information content (AvgIpc) is 2.94. The maximum absolute atomic E-state index is 12.3. The van der Waals surface area contributed by atoms with Crippen LogP contribution in [0.15, 0.2) is 35.2 Å². The highest BCUT2D eigenvalue weighted by Crippen LogP contribution is 2.32. The number of imide groups is 1. The molecule has 2 rings (SSSR count). The van der Waals surface area contributed by atoms with Crippen LogP contribution in [0.25, 0.3) is 0 Å². The summed E-state index contributed by atoms with van der Waals surface area (Å²) in [7, 11) is -2.47. The molecule has 1 aromatic heterocycles. The predicted octanol–water partition coefficient (Wildman–Crippen LogP) is 2.66. The molecule has 0 aliphatic carbocycles. The molecule has 0 saturated heterocycles. The van der Waals surface area contributed by atoms with Crippen LogP contribution < -0.4 is 10.6 Å². The molecule has 0 aliphatic rings. The first kappa shape index (κ1) is 21.6. The topological polar surface area (TPSA) is 119 Å². The first-order valence-electron chi connectivity index (χ1n) is 8.22. The molecule has 0 fully saturated rings. The Morgan fingerprint density at radius 2 is 1.75 bits per heavy atom. The van der Waals surface area contributed by atoms with E-state index in [0.717, 1.165) is 12.0 Å². The molecule has 10 heteroatoms. The van der Waals surface area contributed by atoms with Gasteiger partial charge in [0.25, 0.3) is 5.91 Å². The van der Waals surface area contributed by atoms with Gasteiger partial charge in [-0.25, -0.2) is 13.2 Å². The van der Waals surface area contributed by atoms with E-state index in [2.05, 4.69) is 15.4 Å². The van der Waals surface area contributed by atoms with Crippen LogP contribution in [-0.2, 0) is 19.4 Å². The third-order valence-electron chi connectivity index (χ3n) is 3.97. The number of carbonyl (C=O) groups excluding carboxylic acids is 3. The number of anilines is 1. The van der Waals surface area contributed by atoms with Crippen LogP contribution in [0.1, 0.15) is 27.2 Å². The predicted molar refractivity (Wildman–Crippen MR) is 105 cm³/mol. The fourth-order valence-corrected chi connectivity index (χ4v) is 4.69. The SMILES string of the molecule is COC(=O)NC(=O)c1c(NC(=O)CCS(=O)(=O)c2ccccc2)sc(C)c1C. The zero-order valence-corrected chi connectivity index (χ0v) is 17.2. The standard InChI is InChI=1S/C18H20N2O6S2/c1-11-12(2)27-17(15(11)16(22)20-18(23)26-3)19-14(21)9-10-28(24,25)13-7-5-4-6-8-13/h4-8H,9-10H2,1-3H3,(H,19,21)(H,20,22,23). The second-order valence-corrected chi connectivity index (χ2v) is 9.20. The molecule has 0 saturated carbocycles. The molecule has 0 bridgehead atoms. The van der Waals surface area contributed by atoms with Crippen molar-refractivity contribution in [1.82, 2.24) is 5.32 Å². The Bertz CT molecular complexity index is 997. The summed E-state index contributed by atoms with van der Waals surface area (Å²) in [5.41, 5.74) is 0.755. The van der Waals surface area contributed by atoms with Gasteiger partial charge in [0.15, 0.2) is 9.84 Å². The maximum atomic E-state index is 12.3. The van der Waals surface area contributed by atoms with Gasteiger partial charge >= 0.3 is 6.09 Å². The molecule has 28 heavy (non-hydrogen) atoms. The minimum absolute atomic E-state index is 0.142. The Morgan fingerprint density at radius 1 is 1.11 bits per heavy atom. The molecule has 0 radical (unpaired) electrons. The number of benzene rings is 1.